The highest BCUT2D eigenvalue weighted by Crippen LogP contribution is 2.27. The monoisotopic (exact) mass is 449 g/mol. The molecule has 0 atom stereocenters. The third-order valence-corrected chi connectivity index (χ3v) is 5.58. The van der Waals surface area contributed by atoms with Gasteiger partial charge in [-0.05, 0) is 80.2 Å². The van der Waals surface area contributed by atoms with Crippen LogP contribution in [0.5, 0.6) is 5.75 Å². The lowest BCUT2D eigenvalue weighted by molar-refractivity contribution is -0.122. The number of rotatable bonds is 4. The molecule has 4 rings (SSSR count). The lowest BCUT2D eigenvalue weighted by Gasteiger charge is -2.29. The number of hydrogen-bond acceptors (Lipinski definition) is 4. The minimum atomic E-state index is -0.682. The maximum atomic E-state index is 14.3. The number of carbonyl (C=O) groups is 2. The maximum absolute atomic E-state index is 14.3. The van der Waals surface area contributed by atoms with Crippen molar-refractivity contribution in [2.24, 2.45) is 0 Å². The number of ether oxygens (including phenoxy) is 1. The predicted molar refractivity (Wildman–Crippen MR) is 124 cm³/mol. The van der Waals surface area contributed by atoms with Gasteiger partial charge in [0, 0.05) is 17.1 Å². The number of para-hydroxylation sites is 1. The van der Waals surface area contributed by atoms with Crippen molar-refractivity contribution in [2.45, 2.75) is 13.8 Å². The van der Waals surface area contributed by atoms with Crippen molar-refractivity contribution < 1.29 is 18.7 Å². The fraction of sp³-hybridized carbons (Fsp3) is 0.125. The highest BCUT2D eigenvalue weighted by Gasteiger charge is 2.35. The molecule has 1 fully saturated rings. The Balaban J connectivity index is 1.76. The van der Waals surface area contributed by atoms with Crippen LogP contribution in [0.4, 0.5) is 10.1 Å². The number of hydrogen-bond donors (Lipinski definition) is 1. The van der Waals surface area contributed by atoms with Gasteiger partial charge in [-0.15, -0.1) is 0 Å². The minimum Gasteiger partial charge on any atom is -0.497 e. The van der Waals surface area contributed by atoms with Gasteiger partial charge >= 0.3 is 0 Å². The normalized spacial score (nSPS) is 15.3. The molecule has 0 aliphatic carbocycles. The second-order valence-corrected chi connectivity index (χ2v) is 7.66. The molecule has 0 saturated carbocycles. The van der Waals surface area contributed by atoms with E-state index in [2.05, 4.69) is 5.32 Å². The second-order valence-electron chi connectivity index (χ2n) is 7.27. The second kappa shape index (κ2) is 8.39. The molecular weight excluding hydrogens is 429 g/mol. The van der Waals surface area contributed by atoms with E-state index in [1.807, 2.05) is 48.7 Å². The minimum absolute atomic E-state index is 0.0166. The predicted octanol–water partition coefficient (Wildman–Crippen LogP) is 4.07. The lowest BCUT2D eigenvalue weighted by Crippen LogP contribution is -2.54. The Hall–Kier alpha value is -3.78. The van der Waals surface area contributed by atoms with E-state index in [0.717, 1.165) is 27.7 Å². The molecule has 0 unspecified atom stereocenters. The lowest BCUT2D eigenvalue weighted by atomic mass is 10.1. The first-order chi connectivity index (χ1) is 15.3. The summed E-state index contributed by atoms with van der Waals surface area (Å²) < 4.78 is 21.6. The molecule has 3 aromatic rings. The van der Waals surface area contributed by atoms with Crippen LogP contribution in [-0.4, -0.2) is 28.6 Å². The number of nitrogens with zero attached hydrogens (tertiary/aromatic N) is 2. The summed E-state index contributed by atoms with van der Waals surface area (Å²) in [7, 11) is 1.61. The van der Waals surface area contributed by atoms with Crippen molar-refractivity contribution in [3.63, 3.8) is 0 Å². The third-order valence-electron chi connectivity index (χ3n) is 5.30. The zero-order valence-electron chi connectivity index (χ0n) is 17.7. The smallest absolute Gasteiger partial charge is 0.270 e. The number of methoxy groups -OCH3 is 1. The molecule has 0 spiro atoms. The number of halogens is 1. The highest BCUT2D eigenvalue weighted by molar-refractivity contribution is 7.80. The van der Waals surface area contributed by atoms with E-state index in [9.17, 15) is 14.0 Å². The maximum Gasteiger partial charge on any atom is 0.270 e. The number of aryl methyl sites for hydroxylation is 1. The summed E-state index contributed by atoms with van der Waals surface area (Å²) in [5.74, 6) is -1.18. The van der Waals surface area contributed by atoms with Gasteiger partial charge in [0.1, 0.15) is 17.1 Å². The average molecular weight is 450 g/mol. The van der Waals surface area contributed by atoms with E-state index in [-0.39, 0.29) is 16.4 Å². The van der Waals surface area contributed by atoms with Crippen LogP contribution < -0.4 is 15.0 Å². The van der Waals surface area contributed by atoms with Crippen LogP contribution in [0.15, 0.2) is 60.2 Å². The first kappa shape index (κ1) is 21.5. The van der Waals surface area contributed by atoms with Gasteiger partial charge in [0.15, 0.2) is 5.11 Å². The Labute approximate surface area is 189 Å². The molecule has 2 aromatic carbocycles. The average Bonchev–Trinajstić information content (AvgIpc) is 3.05. The van der Waals surface area contributed by atoms with E-state index < -0.39 is 17.6 Å². The summed E-state index contributed by atoms with van der Waals surface area (Å²) in [5, 5.41) is 2.32. The van der Waals surface area contributed by atoms with E-state index in [1.165, 1.54) is 24.3 Å². The number of benzene rings is 2. The Morgan fingerprint density at radius 3 is 2.41 bits per heavy atom. The molecule has 0 bridgehead atoms. The van der Waals surface area contributed by atoms with Crippen molar-refractivity contribution in [3.8, 4) is 11.4 Å². The Morgan fingerprint density at radius 1 is 1.06 bits per heavy atom. The van der Waals surface area contributed by atoms with Gasteiger partial charge in [0.05, 0.1) is 12.8 Å². The molecule has 162 valence electrons. The SMILES string of the molecule is COc1ccc(-n2c(C)cc(/C=C3/C(=O)NC(=S)N(c4ccccc4F)C3=O)c2C)cc1. The quantitative estimate of drug-likeness (QED) is 0.371. The molecule has 8 heteroatoms. The topological polar surface area (TPSA) is 63.6 Å². The van der Waals surface area contributed by atoms with E-state index in [4.69, 9.17) is 17.0 Å². The van der Waals surface area contributed by atoms with Crippen LogP contribution in [0.25, 0.3) is 11.8 Å². The summed E-state index contributed by atoms with van der Waals surface area (Å²) in [6, 6.07) is 15.2. The highest BCUT2D eigenvalue weighted by atomic mass is 32.1. The zero-order valence-corrected chi connectivity index (χ0v) is 18.5. The van der Waals surface area contributed by atoms with E-state index >= 15 is 0 Å². The fourth-order valence-corrected chi connectivity index (χ4v) is 4.00. The van der Waals surface area contributed by atoms with Crippen LogP contribution in [-0.2, 0) is 9.59 Å². The number of carbonyl (C=O) groups excluding carboxylic acids is 2. The summed E-state index contributed by atoms with van der Waals surface area (Å²) in [5.41, 5.74) is 3.22. The molecule has 1 N–H and O–H groups in total. The molecule has 1 saturated heterocycles. The molecule has 1 aliphatic rings. The zero-order chi connectivity index (χ0) is 23.0. The molecule has 2 amide bonds. The fourth-order valence-electron chi connectivity index (χ4n) is 3.73. The first-order valence-corrected chi connectivity index (χ1v) is 10.2. The molecule has 1 aliphatic heterocycles. The number of nitrogens with one attached hydrogen (secondary N) is 1. The Kier molecular flexibility index (Phi) is 5.63. The van der Waals surface area contributed by atoms with Crippen LogP contribution in [0, 0.1) is 19.7 Å². The standard InChI is InChI=1S/C24H20FN3O3S/c1-14-12-16(15(2)27(14)17-8-10-18(31-3)11-9-17)13-19-22(29)26-24(32)28(23(19)30)21-7-5-4-6-20(21)25/h4-13H,1-3H3,(H,26,29,32)/b19-13-. The number of aromatic nitrogens is 1. The van der Waals surface area contributed by atoms with Crippen molar-refractivity contribution >= 4 is 40.9 Å². The van der Waals surface area contributed by atoms with E-state index in [0.29, 0.717) is 5.56 Å². The van der Waals surface area contributed by atoms with Crippen LogP contribution >= 0.6 is 12.2 Å². The summed E-state index contributed by atoms with van der Waals surface area (Å²) in [6.07, 6.45) is 1.51. The number of anilines is 1. The Bertz CT molecular complexity index is 1280. The Morgan fingerprint density at radius 2 is 1.75 bits per heavy atom. The van der Waals surface area contributed by atoms with Gasteiger partial charge in [-0.25, -0.2) is 9.29 Å². The molecule has 2 heterocycles. The van der Waals surface area contributed by atoms with Crippen molar-refractivity contribution in [2.75, 3.05) is 12.0 Å². The molecule has 0 radical (unpaired) electrons. The van der Waals surface area contributed by atoms with Crippen molar-refractivity contribution in [1.29, 1.82) is 0 Å². The summed E-state index contributed by atoms with van der Waals surface area (Å²) >= 11 is 5.14. The van der Waals surface area contributed by atoms with Gasteiger partial charge in [-0.1, -0.05) is 12.1 Å². The molecule has 6 nitrogen and oxygen atoms in total. The number of amides is 2. The van der Waals surface area contributed by atoms with Gasteiger partial charge in [-0.3, -0.25) is 14.9 Å². The van der Waals surface area contributed by atoms with Crippen LogP contribution in [0.1, 0.15) is 17.0 Å². The third kappa shape index (κ3) is 3.69. The summed E-state index contributed by atoms with van der Waals surface area (Å²) in [4.78, 5) is 26.8. The van der Waals surface area contributed by atoms with Crippen molar-refractivity contribution in [1.82, 2.24) is 9.88 Å². The van der Waals surface area contributed by atoms with Crippen LogP contribution in [0.2, 0.25) is 0 Å². The van der Waals surface area contributed by atoms with Gasteiger partial charge < -0.3 is 9.30 Å². The summed E-state index contributed by atoms with van der Waals surface area (Å²) in [6.45, 7) is 3.83. The van der Waals surface area contributed by atoms with Crippen molar-refractivity contribution in [3.05, 3.63) is 82.9 Å². The molecule has 1 aromatic heterocycles. The van der Waals surface area contributed by atoms with Gasteiger partial charge in [0.25, 0.3) is 11.8 Å². The van der Waals surface area contributed by atoms with E-state index in [1.54, 1.807) is 13.2 Å². The van der Waals surface area contributed by atoms with Gasteiger partial charge in [-0.2, -0.15) is 0 Å². The first-order valence-electron chi connectivity index (χ1n) is 9.81. The molecule has 32 heavy (non-hydrogen) atoms. The van der Waals surface area contributed by atoms with Crippen LogP contribution in [0.3, 0.4) is 0 Å². The van der Waals surface area contributed by atoms with Gasteiger partial charge in [0.2, 0.25) is 0 Å². The largest absolute Gasteiger partial charge is 0.497 e. The number of thiocarbonyl (C=S) groups is 1. The molecular formula is C24H20FN3O3S.